The van der Waals surface area contributed by atoms with E-state index in [-0.39, 0.29) is 17.9 Å². The Bertz CT molecular complexity index is 801. The summed E-state index contributed by atoms with van der Waals surface area (Å²) in [5, 5.41) is 0.604. The van der Waals surface area contributed by atoms with Crippen molar-refractivity contribution in [1.82, 2.24) is 14.7 Å². The van der Waals surface area contributed by atoms with Crippen molar-refractivity contribution >= 4 is 29.0 Å². The number of benzene rings is 1. The monoisotopic (exact) mass is 447 g/mol. The predicted octanol–water partition coefficient (Wildman–Crippen LogP) is 3.65. The second-order valence-corrected chi connectivity index (χ2v) is 8.89. The van der Waals surface area contributed by atoms with Gasteiger partial charge in [0.1, 0.15) is 5.70 Å². The molecule has 0 aliphatic carbocycles. The molecule has 2 aliphatic heterocycles. The maximum atomic E-state index is 13.4. The molecule has 0 aromatic heterocycles. The summed E-state index contributed by atoms with van der Waals surface area (Å²) in [6, 6.07) is 7.41. The molecule has 0 unspecified atom stereocenters. The smallest absolute Gasteiger partial charge is 0.277 e. The Kier molecular flexibility index (Phi) is 8.52. The van der Waals surface area contributed by atoms with Gasteiger partial charge in [-0.1, -0.05) is 37.1 Å². The fourth-order valence-corrected chi connectivity index (χ4v) is 4.33. The lowest BCUT2D eigenvalue weighted by atomic mass is 10.0. The van der Waals surface area contributed by atoms with E-state index in [4.69, 9.17) is 16.3 Å². The summed E-state index contributed by atoms with van der Waals surface area (Å²) in [6.07, 6.45) is 4.69. The number of ether oxygens (including phenoxy) is 1. The molecule has 0 spiro atoms. The summed E-state index contributed by atoms with van der Waals surface area (Å²) in [7, 11) is 4.06. The first kappa shape index (κ1) is 23.8. The van der Waals surface area contributed by atoms with Crippen LogP contribution in [0.3, 0.4) is 0 Å². The van der Waals surface area contributed by atoms with Crippen molar-refractivity contribution in [2.24, 2.45) is 0 Å². The number of carbonyl (C=O) groups excluding carboxylic acids is 2. The van der Waals surface area contributed by atoms with E-state index < -0.39 is 0 Å². The van der Waals surface area contributed by atoms with Gasteiger partial charge in [0, 0.05) is 37.9 Å². The average Bonchev–Trinajstić information content (AvgIpc) is 3.01. The number of rotatable bonds is 10. The second kappa shape index (κ2) is 11.1. The first-order chi connectivity index (χ1) is 14.9. The minimum absolute atomic E-state index is 0.204. The van der Waals surface area contributed by atoms with Crippen LogP contribution in [0.15, 0.2) is 30.0 Å². The van der Waals surface area contributed by atoms with Crippen LogP contribution in [-0.4, -0.2) is 79.5 Å². The van der Waals surface area contributed by atoms with Crippen LogP contribution in [-0.2, 0) is 14.3 Å². The Hall–Kier alpha value is -1.89. The number of likely N-dealkylation sites (N-methyl/N-ethyl adjacent to an activating group) is 1. The lowest BCUT2D eigenvalue weighted by Crippen LogP contribution is -2.43. The van der Waals surface area contributed by atoms with Crippen LogP contribution in [0.5, 0.6) is 0 Å². The number of carbonyl (C=O) groups is 2. The standard InChI is InChI=1S/C24H34ClN3O3/c1-4-5-16-31-17-6-13-28-23(29)21(18-7-9-19(25)10-8-18)22(24(28)30)27(3)20-11-14-26(2)15-12-20/h7-10,20H,4-6,11-17H2,1-3H3. The van der Waals surface area contributed by atoms with E-state index in [0.29, 0.717) is 35.9 Å². The Morgan fingerprint density at radius 3 is 2.35 bits per heavy atom. The summed E-state index contributed by atoms with van der Waals surface area (Å²) >= 11 is 6.06. The van der Waals surface area contributed by atoms with Crippen LogP contribution in [0.1, 0.15) is 44.6 Å². The number of likely N-dealkylation sites (tertiary alicyclic amines) is 1. The molecule has 2 aliphatic rings. The molecule has 0 N–H and O–H groups in total. The Labute approximate surface area is 190 Å². The zero-order valence-electron chi connectivity index (χ0n) is 18.9. The molecule has 0 bridgehead atoms. The number of halogens is 1. The van der Waals surface area contributed by atoms with Crippen LogP contribution in [0.25, 0.3) is 5.57 Å². The van der Waals surface area contributed by atoms with Gasteiger partial charge in [0.05, 0.1) is 5.57 Å². The molecule has 3 rings (SSSR count). The van der Waals surface area contributed by atoms with Gasteiger partial charge in [-0.25, -0.2) is 0 Å². The SMILES string of the molecule is CCCCOCCCN1C(=O)C(c2ccc(Cl)cc2)=C(N(C)C2CCN(C)CC2)C1=O. The van der Waals surface area contributed by atoms with Crippen molar-refractivity contribution in [3.05, 3.63) is 40.5 Å². The van der Waals surface area contributed by atoms with Gasteiger partial charge in [0.25, 0.3) is 11.8 Å². The van der Waals surface area contributed by atoms with Crippen LogP contribution < -0.4 is 0 Å². The minimum atomic E-state index is -0.226. The van der Waals surface area contributed by atoms with Crippen molar-refractivity contribution in [3.8, 4) is 0 Å². The fraction of sp³-hybridized carbons (Fsp3) is 0.583. The lowest BCUT2D eigenvalue weighted by Gasteiger charge is -2.36. The van der Waals surface area contributed by atoms with Crippen molar-refractivity contribution in [3.63, 3.8) is 0 Å². The van der Waals surface area contributed by atoms with Crippen molar-refractivity contribution in [2.75, 3.05) is 46.9 Å². The first-order valence-corrected chi connectivity index (χ1v) is 11.7. The van der Waals surface area contributed by atoms with Gasteiger partial charge >= 0.3 is 0 Å². The average molecular weight is 448 g/mol. The van der Waals surface area contributed by atoms with Gasteiger partial charge in [0.15, 0.2) is 0 Å². The van der Waals surface area contributed by atoms with E-state index in [1.165, 1.54) is 4.90 Å². The van der Waals surface area contributed by atoms with E-state index in [1.54, 1.807) is 12.1 Å². The first-order valence-electron chi connectivity index (χ1n) is 11.3. The molecule has 170 valence electrons. The van der Waals surface area contributed by atoms with Crippen LogP contribution >= 0.6 is 11.6 Å². The quantitative estimate of drug-likeness (QED) is 0.404. The van der Waals surface area contributed by atoms with Crippen molar-refractivity contribution < 1.29 is 14.3 Å². The van der Waals surface area contributed by atoms with Crippen LogP contribution in [0.2, 0.25) is 5.02 Å². The summed E-state index contributed by atoms with van der Waals surface area (Å²) in [4.78, 5) is 32.5. The molecule has 0 radical (unpaired) electrons. The molecule has 0 saturated carbocycles. The molecule has 6 nitrogen and oxygen atoms in total. The Morgan fingerprint density at radius 2 is 1.71 bits per heavy atom. The number of nitrogens with zero attached hydrogens (tertiary/aromatic N) is 3. The maximum absolute atomic E-state index is 13.4. The third-order valence-corrected chi connectivity index (χ3v) is 6.43. The highest BCUT2D eigenvalue weighted by Crippen LogP contribution is 2.34. The molecule has 0 atom stereocenters. The molecular formula is C24H34ClN3O3. The number of hydrogen-bond acceptors (Lipinski definition) is 5. The van der Waals surface area contributed by atoms with Gasteiger partial charge in [0.2, 0.25) is 0 Å². The zero-order chi connectivity index (χ0) is 22.4. The maximum Gasteiger partial charge on any atom is 0.277 e. The van der Waals surface area contributed by atoms with Gasteiger partial charge in [-0.3, -0.25) is 14.5 Å². The molecule has 1 aromatic carbocycles. The lowest BCUT2D eigenvalue weighted by molar-refractivity contribution is -0.137. The second-order valence-electron chi connectivity index (χ2n) is 8.46. The molecular weight excluding hydrogens is 414 g/mol. The number of unbranched alkanes of at least 4 members (excludes halogenated alkanes) is 1. The number of hydrogen-bond donors (Lipinski definition) is 0. The Morgan fingerprint density at radius 1 is 1.06 bits per heavy atom. The van der Waals surface area contributed by atoms with Crippen molar-refractivity contribution in [1.29, 1.82) is 0 Å². The highest BCUT2D eigenvalue weighted by atomic mass is 35.5. The molecule has 2 amide bonds. The Balaban J connectivity index is 1.80. The number of piperidine rings is 1. The van der Waals surface area contributed by atoms with E-state index in [0.717, 1.165) is 50.9 Å². The molecule has 31 heavy (non-hydrogen) atoms. The largest absolute Gasteiger partial charge is 0.381 e. The van der Waals surface area contributed by atoms with Crippen LogP contribution in [0, 0.1) is 0 Å². The normalized spacial score (nSPS) is 18.4. The molecule has 7 heteroatoms. The molecule has 1 aromatic rings. The summed E-state index contributed by atoms with van der Waals surface area (Å²) in [5.41, 5.74) is 1.72. The van der Waals surface area contributed by atoms with E-state index >= 15 is 0 Å². The van der Waals surface area contributed by atoms with E-state index in [2.05, 4.69) is 18.9 Å². The highest BCUT2D eigenvalue weighted by Gasteiger charge is 2.42. The van der Waals surface area contributed by atoms with Gasteiger partial charge < -0.3 is 14.5 Å². The van der Waals surface area contributed by atoms with Gasteiger partial charge in [-0.05, 0) is 63.5 Å². The third-order valence-electron chi connectivity index (χ3n) is 6.18. The van der Waals surface area contributed by atoms with E-state index in [1.807, 2.05) is 24.1 Å². The fourth-order valence-electron chi connectivity index (χ4n) is 4.21. The van der Waals surface area contributed by atoms with Gasteiger partial charge in [-0.2, -0.15) is 0 Å². The zero-order valence-corrected chi connectivity index (χ0v) is 19.7. The van der Waals surface area contributed by atoms with E-state index in [9.17, 15) is 9.59 Å². The number of amides is 2. The summed E-state index contributed by atoms with van der Waals surface area (Å²) < 4.78 is 5.62. The van der Waals surface area contributed by atoms with Gasteiger partial charge in [-0.15, -0.1) is 0 Å². The van der Waals surface area contributed by atoms with Crippen LogP contribution in [0.4, 0.5) is 0 Å². The predicted molar refractivity (Wildman–Crippen MR) is 124 cm³/mol. The molecule has 2 heterocycles. The molecule has 1 fully saturated rings. The third kappa shape index (κ3) is 5.68. The summed E-state index contributed by atoms with van der Waals surface area (Å²) in [6.45, 7) is 5.73. The topological polar surface area (TPSA) is 53.1 Å². The highest BCUT2D eigenvalue weighted by molar-refractivity contribution is 6.36. The minimum Gasteiger partial charge on any atom is -0.381 e. The van der Waals surface area contributed by atoms with Crippen molar-refractivity contribution in [2.45, 2.75) is 45.1 Å². The number of imide groups is 1. The summed E-state index contributed by atoms with van der Waals surface area (Å²) in [5.74, 6) is -0.430. The molecule has 1 saturated heterocycles.